The van der Waals surface area contributed by atoms with Gasteiger partial charge in [0.15, 0.2) is 6.61 Å². The van der Waals surface area contributed by atoms with Gasteiger partial charge in [0.25, 0.3) is 5.91 Å². The van der Waals surface area contributed by atoms with Gasteiger partial charge in [-0.1, -0.05) is 6.07 Å². The van der Waals surface area contributed by atoms with Gasteiger partial charge in [-0.2, -0.15) is 0 Å². The number of morpholine rings is 1. The number of ether oxygens (including phenoxy) is 3. The topological polar surface area (TPSA) is 51.2 Å². The summed E-state index contributed by atoms with van der Waals surface area (Å²) in [5.41, 5.74) is 0. The molecule has 25 heavy (non-hydrogen) atoms. The van der Waals surface area contributed by atoms with E-state index >= 15 is 0 Å². The molecule has 0 aromatic heterocycles. The first kappa shape index (κ1) is 16.7. The second-order valence-corrected chi connectivity index (χ2v) is 7.14. The van der Waals surface area contributed by atoms with E-state index in [4.69, 9.17) is 14.2 Å². The van der Waals surface area contributed by atoms with Crippen molar-refractivity contribution in [3.8, 4) is 11.5 Å². The zero-order valence-electron chi connectivity index (χ0n) is 14.7. The zero-order chi connectivity index (χ0) is 17.2. The Bertz CT molecular complexity index is 619. The molecule has 0 radical (unpaired) electrons. The van der Waals surface area contributed by atoms with E-state index in [0.717, 1.165) is 44.5 Å². The first-order valence-corrected chi connectivity index (χ1v) is 9.12. The van der Waals surface area contributed by atoms with Crippen LogP contribution in [0, 0.1) is 5.92 Å². The quantitative estimate of drug-likeness (QED) is 0.807. The summed E-state index contributed by atoms with van der Waals surface area (Å²) < 4.78 is 16.6. The minimum atomic E-state index is 0.0380. The number of carbonyl (C=O) groups excluding carboxylic acids is 1. The highest BCUT2D eigenvalue weighted by molar-refractivity contribution is 5.78. The van der Waals surface area contributed by atoms with Crippen LogP contribution in [0.25, 0.3) is 0 Å². The van der Waals surface area contributed by atoms with E-state index in [1.807, 2.05) is 23.1 Å². The van der Waals surface area contributed by atoms with Crippen LogP contribution in [0.1, 0.15) is 12.8 Å². The molecule has 1 aromatic carbocycles. The number of benzene rings is 1. The molecule has 1 saturated carbocycles. The summed E-state index contributed by atoms with van der Waals surface area (Å²) in [5.74, 6) is 2.22. The number of fused-ring (bicyclic) bond motifs is 1. The molecule has 0 unspecified atom stereocenters. The molecule has 0 spiro atoms. The highest BCUT2D eigenvalue weighted by Gasteiger charge is 2.43. The third kappa shape index (κ3) is 3.75. The Hall–Kier alpha value is -1.79. The van der Waals surface area contributed by atoms with Gasteiger partial charge in [0.2, 0.25) is 0 Å². The number of nitrogens with zero attached hydrogens (tertiary/aromatic N) is 2. The van der Waals surface area contributed by atoms with Crippen molar-refractivity contribution >= 4 is 5.91 Å². The third-order valence-corrected chi connectivity index (χ3v) is 5.48. The predicted octanol–water partition coefficient (Wildman–Crippen LogP) is 1.40. The summed E-state index contributed by atoms with van der Waals surface area (Å²) in [6.45, 7) is 4.11. The van der Waals surface area contributed by atoms with Crippen LogP contribution in [0.4, 0.5) is 0 Å². The molecule has 4 rings (SSSR count). The molecule has 136 valence electrons. The molecule has 6 nitrogen and oxygen atoms in total. The van der Waals surface area contributed by atoms with Gasteiger partial charge in [0.05, 0.1) is 26.4 Å². The van der Waals surface area contributed by atoms with Crippen molar-refractivity contribution in [1.82, 2.24) is 9.80 Å². The van der Waals surface area contributed by atoms with Gasteiger partial charge >= 0.3 is 0 Å². The number of amides is 1. The van der Waals surface area contributed by atoms with Crippen molar-refractivity contribution in [1.29, 1.82) is 0 Å². The summed E-state index contributed by atoms with van der Waals surface area (Å²) in [7, 11) is 1.62. The Kier molecular flexibility index (Phi) is 4.81. The van der Waals surface area contributed by atoms with E-state index in [9.17, 15) is 4.79 Å². The number of hydrogen-bond donors (Lipinski definition) is 0. The Morgan fingerprint density at radius 1 is 1.24 bits per heavy atom. The maximum Gasteiger partial charge on any atom is 0.260 e. The normalized spacial score (nSPS) is 26.8. The first-order valence-electron chi connectivity index (χ1n) is 9.12. The highest BCUT2D eigenvalue weighted by atomic mass is 16.5. The fourth-order valence-corrected chi connectivity index (χ4v) is 3.92. The molecule has 2 atom stereocenters. The van der Waals surface area contributed by atoms with Crippen LogP contribution < -0.4 is 9.47 Å². The van der Waals surface area contributed by atoms with Crippen molar-refractivity contribution < 1.29 is 19.0 Å². The summed E-state index contributed by atoms with van der Waals surface area (Å²) in [6.07, 6.45) is 2.66. The minimum Gasteiger partial charge on any atom is -0.497 e. The molecule has 2 saturated heterocycles. The molecule has 6 heteroatoms. The molecule has 0 N–H and O–H groups in total. The van der Waals surface area contributed by atoms with Gasteiger partial charge in [-0.05, 0) is 30.9 Å². The number of methoxy groups -OCH3 is 1. The van der Waals surface area contributed by atoms with Crippen molar-refractivity contribution in [2.75, 3.05) is 46.6 Å². The summed E-state index contributed by atoms with van der Waals surface area (Å²) in [5, 5.41) is 0. The van der Waals surface area contributed by atoms with Crippen molar-refractivity contribution in [2.45, 2.75) is 24.9 Å². The van der Waals surface area contributed by atoms with Crippen LogP contribution in [-0.4, -0.2) is 74.4 Å². The summed E-state index contributed by atoms with van der Waals surface area (Å²) >= 11 is 0. The van der Waals surface area contributed by atoms with Crippen molar-refractivity contribution in [3.63, 3.8) is 0 Å². The van der Waals surface area contributed by atoms with E-state index < -0.39 is 0 Å². The molecule has 1 amide bonds. The summed E-state index contributed by atoms with van der Waals surface area (Å²) in [6, 6.07) is 8.23. The molecular formula is C19H26N2O4. The lowest BCUT2D eigenvalue weighted by Gasteiger charge is -2.48. The molecule has 0 bridgehead atoms. The third-order valence-electron chi connectivity index (χ3n) is 5.48. The lowest BCUT2D eigenvalue weighted by atomic mass is 10.0. The summed E-state index contributed by atoms with van der Waals surface area (Å²) in [4.78, 5) is 17.0. The van der Waals surface area contributed by atoms with E-state index in [2.05, 4.69) is 4.90 Å². The fourth-order valence-electron chi connectivity index (χ4n) is 3.92. The maximum absolute atomic E-state index is 12.5. The number of piperazine rings is 1. The van der Waals surface area contributed by atoms with E-state index in [1.165, 1.54) is 12.8 Å². The second kappa shape index (κ2) is 7.22. The molecule has 2 aliphatic heterocycles. The van der Waals surface area contributed by atoms with Crippen LogP contribution in [0.3, 0.4) is 0 Å². The monoisotopic (exact) mass is 346 g/mol. The number of rotatable bonds is 5. The van der Waals surface area contributed by atoms with Crippen LogP contribution in [0.15, 0.2) is 24.3 Å². The molecule has 1 aliphatic carbocycles. The number of hydrogen-bond acceptors (Lipinski definition) is 5. The zero-order valence-corrected chi connectivity index (χ0v) is 14.7. The van der Waals surface area contributed by atoms with E-state index in [-0.39, 0.29) is 12.5 Å². The Labute approximate surface area is 148 Å². The van der Waals surface area contributed by atoms with Gasteiger partial charge in [0.1, 0.15) is 11.5 Å². The molecule has 3 aliphatic rings. The van der Waals surface area contributed by atoms with E-state index in [0.29, 0.717) is 17.8 Å². The van der Waals surface area contributed by atoms with Crippen LogP contribution >= 0.6 is 0 Å². The molecule has 1 aromatic rings. The van der Waals surface area contributed by atoms with E-state index in [1.54, 1.807) is 13.2 Å². The fraction of sp³-hybridized carbons (Fsp3) is 0.632. The molecular weight excluding hydrogens is 320 g/mol. The van der Waals surface area contributed by atoms with Crippen LogP contribution in [0.2, 0.25) is 0 Å². The highest BCUT2D eigenvalue weighted by Crippen LogP contribution is 2.38. The Balaban J connectivity index is 1.31. The number of carbonyl (C=O) groups is 1. The van der Waals surface area contributed by atoms with Crippen molar-refractivity contribution in [2.24, 2.45) is 5.92 Å². The Morgan fingerprint density at radius 2 is 2.08 bits per heavy atom. The second-order valence-electron chi connectivity index (χ2n) is 7.14. The van der Waals surface area contributed by atoms with Crippen LogP contribution in [-0.2, 0) is 9.53 Å². The average molecular weight is 346 g/mol. The minimum absolute atomic E-state index is 0.0380. The lowest BCUT2D eigenvalue weighted by molar-refractivity contribution is -0.142. The maximum atomic E-state index is 12.5. The van der Waals surface area contributed by atoms with Gasteiger partial charge in [-0.15, -0.1) is 0 Å². The van der Waals surface area contributed by atoms with Crippen LogP contribution in [0.5, 0.6) is 11.5 Å². The van der Waals surface area contributed by atoms with Gasteiger partial charge in [-0.3, -0.25) is 9.69 Å². The molecule has 3 fully saturated rings. The smallest absolute Gasteiger partial charge is 0.260 e. The van der Waals surface area contributed by atoms with Crippen molar-refractivity contribution in [3.05, 3.63) is 24.3 Å². The largest absolute Gasteiger partial charge is 0.497 e. The van der Waals surface area contributed by atoms with Gasteiger partial charge < -0.3 is 19.1 Å². The Morgan fingerprint density at radius 3 is 2.88 bits per heavy atom. The lowest BCUT2D eigenvalue weighted by Crippen LogP contribution is -2.63. The van der Waals surface area contributed by atoms with Gasteiger partial charge in [-0.25, -0.2) is 0 Å². The molecule has 2 heterocycles. The standard InChI is InChI=1S/C19H26N2O4/c1-23-16-3-2-4-17(9-16)25-13-19(22)20-7-8-21-15(10-20)11-24-12-18(21)14-5-6-14/h2-4,9,14-15,18H,5-8,10-13H2,1H3/t15-,18-/m1/s1. The first-order chi connectivity index (χ1) is 12.2. The SMILES string of the molecule is COc1cccc(OCC(=O)N2CCN3[C@@H](COC[C@@H]3C3CC3)C2)c1. The van der Waals surface area contributed by atoms with Gasteiger partial charge in [0, 0.05) is 31.7 Å². The average Bonchev–Trinajstić information content (AvgIpc) is 3.50. The predicted molar refractivity (Wildman–Crippen MR) is 92.9 cm³/mol.